The number of nitrogens with one attached hydrogen (secondary N) is 1. The van der Waals surface area contributed by atoms with Gasteiger partial charge >= 0.3 is 0 Å². The molecule has 104 valence electrons. The highest BCUT2D eigenvalue weighted by molar-refractivity contribution is 5.76. The van der Waals surface area contributed by atoms with E-state index in [9.17, 15) is 9.90 Å². The molecule has 0 aromatic heterocycles. The highest BCUT2D eigenvalue weighted by Gasteiger charge is 2.08. The number of amides is 1. The summed E-state index contributed by atoms with van der Waals surface area (Å²) in [5.74, 6) is -0.0381. The Morgan fingerprint density at radius 2 is 1.60 bits per heavy atom. The molecule has 0 saturated heterocycles. The lowest BCUT2D eigenvalue weighted by atomic mass is 10.1. The number of carbonyl (C=O) groups is 1. The van der Waals surface area contributed by atoms with E-state index >= 15 is 0 Å². The highest BCUT2D eigenvalue weighted by Crippen LogP contribution is 2.10. The van der Waals surface area contributed by atoms with Crippen molar-refractivity contribution < 1.29 is 9.90 Å². The molecule has 20 heavy (non-hydrogen) atoms. The third-order valence-electron chi connectivity index (χ3n) is 3.16. The lowest BCUT2D eigenvalue weighted by molar-refractivity contribution is -0.121. The van der Waals surface area contributed by atoms with Crippen LogP contribution in [0.25, 0.3) is 0 Å². The molecule has 2 N–H and O–H groups in total. The number of aryl methyl sites for hydroxylation is 1. The average molecular weight is 269 g/mol. The van der Waals surface area contributed by atoms with Crippen molar-refractivity contribution in [2.75, 3.05) is 6.54 Å². The van der Waals surface area contributed by atoms with Crippen molar-refractivity contribution >= 4 is 5.91 Å². The third kappa shape index (κ3) is 4.52. The molecule has 1 amide bonds. The maximum Gasteiger partial charge on any atom is 0.220 e. The zero-order valence-corrected chi connectivity index (χ0v) is 11.3. The molecule has 0 saturated carbocycles. The van der Waals surface area contributed by atoms with Crippen LogP contribution in [0.1, 0.15) is 23.7 Å². The molecule has 1 unspecified atom stereocenters. The van der Waals surface area contributed by atoms with E-state index in [4.69, 9.17) is 0 Å². The maximum absolute atomic E-state index is 11.7. The van der Waals surface area contributed by atoms with Crippen LogP contribution in [-0.2, 0) is 11.2 Å². The van der Waals surface area contributed by atoms with Crippen LogP contribution in [0.2, 0.25) is 0 Å². The van der Waals surface area contributed by atoms with Gasteiger partial charge in [0.05, 0.1) is 6.10 Å². The monoisotopic (exact) mass is 269 g/mol. The fourth-order valence-corrected chi connectivity index (χ4v) is 1.99. The van der Waals surface area contributed by atoms with Gasteiger partial charge in [0, 0.05) is 13.0 Å². The molecule has 0 spiro atoms. The summed E-state index contributed by atoms with van der Waals surface area (Å²) in [6.07, 6.45) is 0.497. The van der Waals surface area contributed by atoms with Crippen molar-refractivity contribution in [2.45, 2.75) is 18.9 Å². The first-order chi connectivity index (χ1) is 9.75. The van der Waals surface area contributed by atoms with Gasteiger partial charge in [-0.25, -0.2) is 0 Å². The Bertz CT molecular complexity index is 525. The molecule has 0 radical (unpaired) electrons. The van der Waals surface area contributed by atoms with E-state index in [1.54, 1.807) is 0 Å². The Labute approximate surface area is 119 Å². The Hall–Kier alpha value is -2.13. The second-order valence-corrected chi connectivity index (χ2v) is 4.72. The Morgan fingerprint density at radius 3 is 2.25 bits per heavy atom. The van der Waals surface area contributed by atoms with E-state index in [0.29, 0.717) is 12.8 Å². The lowest BCUT2D eigenvalue weighted by Crippen LogP contribution is -2.28. The molecule has 1 atom stereocenters. The van der Waals surface area contributed by atoms with Gasteiger partial charge in [0.15, 0.2) is 0 Å². The van der Waals surface area contributed by atoms with Crippen molar-refractivity contribution in [2.24, 2.45) is 0 Å². The van der Waals surface area contributed by atoms with Crippen LogP contribution in [-0.4, -0.2) is 17.6 Å². The molecule has 2 aromatic carbocycles. The van der Waals surface area contributed by atoms with Gasteiger partial charge in [-0.05, 0) is 17.5 Å². The van der Waals surface area contributed by atoms with E-state index in [2.05, 4.69) is 5.32 Å². The zero-order chi connectivity index (χ0) is 14.2. The maximum atomic E-state index is 11.7. The lowest BCUT2D eigenvalue weighted by Gasteiger charge is -2.12. The van der Waals surface area contributed by atoms with Crippen molar-refractivity contribution in [3.63, 3.8) is 0 Å². The predicted octanol–water partition coefficient (Wildman–Crippen LogP) is 2.47. The van der Waals surface area contributed by atoms with Crippen LogP contribution in [0, 0.1) is 0 Å². The molecule has 3 heteroatoms. The number of carbonyl (C=O) groups excluding carboxylic acids is 1. The SMILES string of the molecule is O=C(CCc1ccccc1)NCC(O)c1ccccc1. The molecule has 3 nitrogen and oxygen atoms in total. The fraction of sp³-hybridized carbons (Fsp3) is 0.235. The first kappa shape index (κ1) is 14.3. The van der Waals surface area contributed by atoms with E-state index in [1.807, 2.05) is 60.7 Å². The van der Waals surface area contributed by atoms with Gasteiger partial charge in [0.25, 0.3) is 0 Å². The largest absolute Gasteiger partial charge is 0.387 e. The number of rotatable bonds is 6. The minimum absolute atomic E-state index is 0.0381. The topological polar surface area (TPSA) is 49.3 Å². The van der Waals surface area contributed by atoms with Gasteiger partial charge in [-0.3, -0.25) is 4.79 Å². The van der Waals surface area contributed by atoms with Gasteiger partial charge in [-0.2, -0.15) is 0 Å². The van der Waals surface area contributed by atoms with Crippen molar-refractivity contribution in [3.05, 3.63) is 71.8 Å². The molecule has 0 bridgehead atoms. The Balaban J connectivity index is 1.73. The molecular weight excluding hydrogens is 250 g/mol. The molecule has 2 aromatic rings. The van der Waals surface area contributed by atoms with Gasteiger partial charge in [0.2, 0.25) is 5.91 Å². The normalized spacial score (nSPS) is 11.8. The molecule has 0 aliphatic heterocycles. The summed E-state index contributed by atoms with van der Waals surface area (Å²) in [4.78, 5) is 11.7. The minimum Gasteiger partial charge on any atom is -0.387 e. The molecular formula is C17H19NO2. The Morgan fingerprint density at radius 1 is 1.00 bits per heavy atom. The number of hydrogen-bond acceptors (Lipinski definition) is 2. The van der Waals surface area contributed by atoms with Gasteiger partial charge in [-0.15, -0.1) is 0 Å². The van der Waals surface area contributed by atoms with Crippen LogP contribution < -0.4 is 5.32 Å². The average Bonchev–Trinajstić information content (AvgIpc) is 2.52. The summed E-state index contributed by atoms with van der Waals surface area (Å²) in [6.45, 7) is 0.248. The minimum atomic E-state index is -0.656. The Kier molecular flexibility index (Phi) is 5.33. The number of hydrogen-bond donors (Lipinski definition) is 2. The second kappa shape index (κ2) is 7.46. The first-order valence-electron chi connectivity index (χ1n) is 6.79. The van der Waals surface area contributed by atoms with Gasteiger partial charge in [-0.1, -0.05) is 60.7 Å². The van der Waals surface area contributed by atoms with Crippen LogP contribution in [0.4, 0.5) is 0 Å². The molecule has 0 aliphatic rings. The fourth-order valence-electron chi connectivity index (χ4n) is 1.99. The molecule has 0 heterocycles. The summed E-state index contributed by atoms with van der Waals surface area (Å²) in [5, 5.41) is 12.7. The van der Waals surface area contributed by atoms with Crippen LogP contribution in [0.3, 0.4) is 0 Å². The van der Waals surface area contributed by atoms with E-state index in [-0.39, 0.29) is 12.5 Å². The standard InChI is InChI=1S/C17H19NO2/c19-16(15-9-5-2-6-10-15)13-18-17(20)12-11-14-7-3-1-4-8-14/h1-10,16,19H,11-13H2,(H,18,20). The van der Waals surface area contributed by atoms with E-state index in [0.717, 1.165) is 11.1 Å². The van der Waals surface area contributed by atoms with Gasteiger partial charge < -0.3 is 10.4 Å². The summed E-state index contributed by atoms with van der Waals surface area (Å²) in [6, 6.07) is 19.2. The quantitative estimate of drug-likeness (QED) is 0.846. The molecule has 2 rings (SSSR count). The highest BCUT2D eigenvalue weighted by atomic mass is 16.3. The van der Waals surface area contributed by atoms with E-state index in [1.165, 1.54) is 0 Å². The van der Waals surface area contributed by atoms with Crippen molar-refractivity contribution in [1.29, 1.82) is 0 Å². The number of aliphatic hydroxyl groups excluding tert-OH is 1. The summed E-state index contributed by atoms with van der Waals surface area (Å²) in [7, 11) is 0. The summed E-state index contributed by atoms with van der Waals surface area (Å²) >= 11 is 0. The van der Waals surface area contributed by atoms with Crippen LogP contribution in [0.15, 0.2) is 60.7 Å². The third-order valence-corrected chi connectivity index (χ3v) is 3.16. The van der Waals surface area contributed by atoms with Crippen LogP contribution >= 0.6 is 0 Å². The molecule has 0 aliphatic carbocycles. The van der Waals surface area contributed by atoms with Crippen molar-refractivity contribution in [3.8, 4) is 0 Å². The smallest absolute Gasteiger partial charge is 0.220 e. The first-order valence-corrected chi connectivity index (χ1v) is 6.79. The summed E-state index contributed by atoms with van der Waals surface area (Å²) in [5.41, 5.74) is 1.96. The van der Waals surface area contributed by atoms with Crippen LogP contribution in [0.5, 0.6) is 0 Å². The van der Waals surface area contributed by atoms with Crippen molar-refractivity contribution in [1.82, 2.24) is 5.32 Å². The predicted molar refractivity (Wildman–Crippen MR) is 79.2 cm³/mol. The summed E-state index contributed by atoms with van der Waals surface area (Å²) < 4.78 is 0. The number of aliphatic hydroxyl groups is 1. The molecule has 0 fully saturated rings. The number of benzene rings is 2. The zero-order valence-electron chi connectivity index (χ0n) is 11.3. The van der Waals surface area contributed by atoms with Gasteiger partial charge in [0.1, 0.15) is 0 Å². The van der Waals surface area contributed by atoms with E-state index < -0.39 is 6.10 Å². The second-order valence-electron chi connectivity index (χ2n) is 4.72.